The lowest BCUT2D eigenvalue weighted by Gasteiger charge is -2.24. The summed E-state index contributed by atoms with van der Waals surface area (Å²) in [6.45, 7) is 3.81. The minimum Gasteiger partial charge on any atom is -0.385 e. The molecule has 0 aliphatic heterocycles. The zero-order valence-electron chi connectivity index (χ0n) is 11.4. The fourth-order valence-electron chi connectivity index (χ4n) is 2.21. The van der Waals surface area contributed by atoms with E-state index < -0.39 is 5.60 Å². The highest BCUT2D eigenvalue weighted by molar-refractivity contribution is 5.29. The Labute approximate surface area is 113 Å². The highest BCUT2D eigenvalue weighted by Crippen LogP contribution is 2.26. The van der Waals surface area contributed by atoms with Crippen molar-refractivity contribution in [3.8, 4) is 0 Å². The van der Waals surface area contributed by atoms with E-state index in [0.717, 1.165) is 12.0 Å². The summed E-state index contributed by atoms with van der Waals surface area (Å²) in [5.74, 6) is -0.270. The van der Waals surface area contributed by atoms with Crippen molar-refractivity contribution in [1.29, 1.82) is 0 Å². The van der Waals surface area contributed by atoms with Gasteiger partial charge in [0.25, 0.3) is 0 Å². The Bertz CT molecular complexity index is 543. The average molecular weight is 258 g/mol. The summed E-state index contributed by atoms with van der Waals surface area (Å²) >= 11 is 0. The van der Waals surface area contributed by atoms with Gasteiger partial charge in [0.2, 0.25) is 0 Å². The lowest BCUT2D eigenvalue weighted by Crippen LogP contribution is -2.24. The van der Waals surface area contributed by atoms with Gasteiger partial charge in [-0.15, -0.1) is 0 Å². The van der Waals surface area contributed by atoms with Gasteiger partial charge in [-0.3, -0.25) is 0 Å². The van der Waals surface area contributed by atoms with Crippen molar-refractivity contribution in [3.63, 3.8) is 0 Å². The minimum atomic E-state index is -1.06. The number of hydrogen-bond acceptors (Lipinski definition) is 1. The van der Waals surface area contributed by atoms with E-state index in [2.05, 4.69) is 6.92 Å². The monoisotopic (exact) mass is 258 g/mol. The molecule has 0 radical (unpaired) electrons. The second-order valence-corrected chi connectivity index (χ2v) is 5.09. The molecule has 0 amide bonds. The normalized spacial score (nSPS) is 14.1. The van der Waals surface area contributed by atoms with E-state index in [-0.39, 0.29) is 12.2 Å². The first-order valence-electron chi connectivity index (χ1n) is 6.58. The molecule has 0 aliphatic rings. The van der Waals surface area contributed by atoms with E-state index in [1.165, 1.54) is 11.6 Å². The molecule has 1 N–H and O–H groups in total. The Hall–Kier alpha value is -1.67. The van der Waals surface area contributed by atoms with Crippen LogP contribution in [0.5, 0.6) is 0 Å². The predicted molar refractivity (Wildman–Crippen MR) is 75.5 cm³/mol. The van der Waals surface area contributed by atoms with Crippen LogP contribution in [0, 0.1) is 5.82 Å². The number of benzene rings is 2. The standard InChI is InChI=1S/C17H19FO/c1-3-13-8-10-15(11-9-13)17(2,19)12-14-6-4-5-7-16(14)18/h4-11,19H,3,12H2,1-2H3. The van der Waals surface area contributed by atoms with Crippen molar-refractivity contribution in [2.45, 2.75) is 32.3 Å². The number of aliphatic hydroxyl groups is 1. The molecule has 100 valence electrons. The zero-order chi connectivity index (χ0) is 13.9. The molecule has 0 aromatic heterocycles. The van der Waals surface area contributed by atoms with Crippen molar-refractivity contribution in [1.82, 2.24) is 0 Å². The molecule has 2 heteroatoms. The van der Waals surface area contributed by atoms with Crippen LogP contribution < -0.4 is 0 Å². The van der Waals surface area contributed by atoms with E-state index >= 15 is 0 Å². The highest BCUT2D eigenvalue weighted by Gasteiger charge is 2.24. The van der Waals surface area contributed by atoms with Crippen molar-refractivity contribution < 1.29 is 9.50 Å². The molecule has 0 aliphatic carbocycles. The zero-order valence-corrected chi connectivity index (χ0v) is 11.4. The van der Waals surface area contributed by atoms with E-state index in [0.29, 0.717) is 5.56 Å². The van der Waals surface area contributed by atoms with Gasteiger partial charge in [0, 0.05) is 6.42 Å². The summed E-state index contributed by atoms with van der Waals surface area (Å²) in [5.41, 5.74) is 1.51. The van der Waals surface area contributed by atoms with Crippen LogP contribution in [0.3, 0.4) is 0 Å². The molecule has 1 atom stereocenters. The Balaban J connectivity index is 2.24. The largest absolute Gasteiger partial charge is 0.385 e. The molecule has 2 aromatic rings. The van der Waals surface area contributed by atoms with Crippen molar-refractivity contribution in [2.24, 2.45) is 0 Å². The lowest BCUT2D eigenvalue weighted by atomic mass is 9.88. The molecular formula is C17H19FO. The maximum Gasteiger partial charge on any atom is 0.126 e. The first-order chi connectivity index (χ1) is 9.03. The predicted octanol–water partition coefficient (Wildman–Crippen LogP) is 3.84. The average Bonchev–Trinajstić information content (AvgIpc) is 2.41. The molecule has 0 saturated heterocycles. The Kier molecular flexibility index (Phi) is 4.01. The lowest BCUT2D eigenvalue weighted by molar-refractivity contribution is 0.0567. The molecule has 0 heterocycles. The second kappa shape index (κ2) is 5.54. The Morgan fingerprint density at radius 2 is 1.68 bits per heavy atom. The van der Waals surface area contributed by atoms with Crippen molar-refractivity contribution in [2.75, 3.05) is 0 Å². The van der Waals surface area contributed by atoms with E-state index in [4.69, 9.17) is 0 Å². The fraction of sp³-hybridized carbons (Fsp3) is 0.294. The molecule has 19 heavy (non-hydrogen) atoms. The van der Waals surface area contributed by atoms with Gasteiger partial charge in [0.15, 0.2) is 0 Å². The van der Waals surface area contributed by atoms with Gasteiger partial charge >= 0.3 is 0 Å². The van der Waals surface area contributed by atoms with Crippen molar-refractivity contribution >= 4 is 0 Å². The third-order valence-electron chi connectivity index (χ3n) is 3.48. The first-order valence-corrected chi connectivity index (χ1v) is 6.58. The van der Waals surface area contributed by atoms with Gasteiger partial charge < -0.3 is 5.11 Å². The van der Waals surface area contributed by atoms with Gasteiger partial charge in [0.1, 0.15) is 5.82 Å². The van der Waals surface area contributed by atoms with Crippen LogP contribution in [0.1, 0.15) is 30.5 Å². The summed E-state index contributed by atoms with van der Waals surface area (Å²) in [4.78, 5) is 0. The summed E-state index contributed by atoms with van der Waals surface area (Å²) < 4.78 is 13.6. The third-order valence-corrected chi connectivity index (χ3v) is 3.48. The molecule has 2 aromatic carbocycles. The fourth-order valence-corrected chi connectivity index (χ4v) is 2.21. The third kappa shape index (κ3) is 3.21. The van der Waals surface area contributed by atoms with Crippen LogP contribution in [0.25, 0.3) is 0 Å². The van der Waals surface area contributed by atoms with Crippen LogP contribution in [-0.4, -0.2) is 5.11 Å². The van der Waals surface area contributed by atoms with Crippen molar-refractivity contribution in [3.05, 3.63) is 71.0 Å². The number of halogens is 1. The summed E-state index contributed by atoms with van der Waals surface area (Å²) in [7, 11) is 0. The molecule has 0 fully saturated rings. The van der Waals surface area contributed by atoms with Crippen LogP contribution in [-0.2, 0) is 18.4 Å². The SMILES string of the molecule is CCc1ccc(C(C)(O)Cc2ccccc2F)cc1. The molecular weight excluding hydrogens is 239 g/mol. The maximum absolute atomic E-state index is 13.6. The highest BCUT2D eigenvalue weighted by atomic mass is 19.1. The van der Waals surface area contributed by atoms with Crippen LogP contribution in [0.15, 0.2) is 48.5 Å². The second-order valence-electron chi connectivity index (χ2n) is 5.09. The van der Waals surface area contributed by atoms with E-state index in [1.54, 1.807) is 25.1 Å². The number of rotatable bonds is 4. The molecule has 2 rings (SSSR count). The van der Waals surface area contributed by atoms with E-state index in [1.807, 2.05) is 24.3 Å². The maximum atomic E-state index is 13.6. The Morgan fingerprint density at radius 1 is 1.05 bits per heavy atom. The molecule has 0 bridgehead atoms. The first kappa shape index (κ1) is 13.8. The molecule has 0 saturated carbocycles. The minimum absolute atomic E-state index is 0.269. The quantitative estimate of drug-likeness (QED) is 0.883. The molecule has 0 spiro atoms. The van der Waals surface area contributed by atoms with Gasteiger partial charge in [-0.25, -0.2) is 4.39 Å². The van der Waals surface area contributed by atoms with Gasteiger partial charge in [-0.05, 0) is 36.1 Å². The van der Waals surface area contributed by atoms with Gasteiger partial charge in [-0.1, -0.05) is 49.4 Å². The topological polar surface area (TPSA) is 20.2 Å². The summed E-state index contributed by atoms with van der Waals surface area (Å²) in [6, 6.07) is 14.4. The summed E-state index contributed by atoms with van der Waals surface area (Å²) in [6.07, 6.45) is 1.24. The van der Waals surface area contributed by atoms with Gasteiger partial charge in [-0.2, -0.15) is 0 Å². The molecule has 1 unspecified atom stereocenters. The molecule has 1 nitrogen and oxygen atoms in total. The van der Waals surface area contributed by atoms with E-state index in [9.17, 15) is 9.50 Å². The van der Waals surface area contributed by atoms with Crippen LogP contribution in [0.4, 0.5) is 4.39 Å². The summed E-state index contributed by atoms with van der Waals surface area (Å²) in [5, 5.41) is 10.6. The smallest absolute Gasteiger partial charge is 0.126 e. The number of hydrogen-bond donors (Lipinski definition) is 1. The Morgan fingerprint density at radius 3 is 2.26 bits per heavy atom. The van der Waals surface area contributed by atoms with Gasteiger partial charge in [0.05, 0.1) is 5.60 Å². The number of aryl methyl sites for hydroxylation is 1. The van der Waals surface area contributed by atoms with Crippen LogP contribution >= 0.6 is 0 Å². The van der Waals surface area contributed by atoms with Crippen LogP contribution in [0.2, 0.25) is 0 Å².